The number of carbonyl (C=O) groups is 1. The van der Waals surface area contributed by atoms with Gasteiger partial charge in [-0.05, 0) is 24.8 Å². The molecule has 3 aliphatic rings. The van der Waals surface area contributed by atoms with E-state index in [1.165, 1.54) is 6.07 Å². The van der Waals surface area contributed by atoms with E-state index in [1.54, 1.807) is 16.7 Å². The number of aromatic nitrogens is 1. The standard InChI is InChI=1S/C20H26F3N3O3/c21-20(22,23)11-24-19(29)17-13(10-27)15-9-25-14(6-3-7-16(25)28)18(17)26(15)8-12-4-1-2-5-12/h3,6-7,12-13,15,17-18,27H,1-2,4-5,8-11H2,(H,24,29)/t13-,15-,17+,18+/m1/s1. The number of hydrogen-bond acceptors (Lipinski definition) is 4. The highest BCUT2D eigenvalue weighted by Crippen LogP contribution is 2.49. The quantitative estimate of drug-likeness (QED) is 0.771. The van der Waals surface area contributed by atoms with Gasteiger partial charge in [0.2, 0.25) is 5.91 Å². The van der Waals surface area contributed by atoms with Crippen LogP contribution in [0.1, 0.15) is 37.4 Å². The summed E-state index contributed by atoms with van der Waals surface area (Å²) in [6.45, 7) is -0.637. The van der Waals surface area contributed by atoms with Crippen LogP contribution in [0, 0.1) is 17.8 Å². The highest BCUT2D eigenvalue weighted by molar-refractivity contribution is 5.80. The molecule has 1 saturated carbocycles. The number of aliphatic hydroxyl groups is 1. The lowest BCUT2D eigenvalue weighted by atomic mass is 9.86. The minimum atomic E-state index is -4.50. The number of halogens is 3. The van der Waals surface area contributed by atoms with Crippen LogP contribution >= 0.6 is 0 Å². The molecule has 0 unspecified atom stereocenters. The molecule has 1 aliphatic carbocycles. The topological polar surface area (TPSA) is 74.6 Å². The number of pyridine rings is 1. The second-order valence-electron chi connectivity index (χ2n) is 8.46. The van der Waals surface area contributed by atoms with Crippen molar-refractivity contribution in [1.29, 1.82) is 0 Å². The second kappa shape index (κ2) is 7.75. The third kappa shape index (κ3) is 3.82. The Bertz CT molecular complexity index is 819. The van der Waals surface area contributed by atoms with Crippen LogP contribution in [0.15, 0.2) is 23.0 Å². The Kier molecular flexibility index (Phi) is 5.46. The number of amides is 1. The van der Waals surface area contributed by atoms with Crippen molar-refractivity contribution in [3.8, 4) is 0 Å². The molecular formula is C20H26F3N3O3. The number of carbonyl (C=O) groups excluding carboxylic acids is 1. The van der Waals surface area contributed by atoms with Crippen LogP contribution < -0.4 is 10.9 Å². The third-order valence-electron chi connectivity index (χ3n) is 6.76. The maximum absolute atomic E-state index is 12.8. The molecule has 2 fully saturated rings. The predicted octanol–water partition coefficient (Wildman–Crippen LogP) is 1.68. The Morgan fingerprint density at radius 1 is 1.24 bits per heavy atom. The van der Waals surface area contributed by atoms with E-state index in [4.69, 9.17) is 0 Å². The molecule has 6 nitrogen and oxygen atoms in total. The van der Waals surface area contributed by atoms with Gasteiger partial charge in [-0.25, -0.2) is 0 Å². The summed E-state index contributed by atoms with van der Waals surface area (Å²) in [7, 11) is 0. The number of alkyl halides is 3. The third-order valence-corrected chi connectivity index (χ3v) is 6.76. The highest BCUT2D eigenvalue weighted by Gasteiger charge is 2.56. The molecule has 1 aromatic heterocycles. The molecule has 0 radical (unpaired) electrons. The van der Waals surface area contributed by atoms with Gasteiger partial charge in [0.25, 0.3) is 5.56 Å². The summed E-state index contributed by atoms with van der Waals surface area (Å²) < 4.78 is 39.6. The molecule has 3 heterocycles. The second-order valence-corrected chi connectivity index (χ2v) is 8.46. The fourth-order valence-electron chi connectivity index (χ4n) is 5.52. The lowest BCUT2D eigenvalue weighted by molar-refractivity contribution is -0.142. The summed E-state index contributed by atoms with van der Waals surface area (Å²) in [5.74, 6) is -1.59. The Balaban J connectivity index is 1.70. The lowest BCUT2D eigenvalue weighted by Gasteiger charge is -2.39. The van der Waals surface area contributed by atoms with Gasteiger partial charge in [0.1, 0.15) is 6.54 Å². The molecule has 0 aromatic carbocycles. The molecule has 1 aromatic rings. The maximum atomic E-state index is 12.8. The van der Waals surface area contributed by atoms with Crippen molar-refractivity contribution in [2.45, 2.75) is 50.5 Å². The van der Waals surface area contributed by atoms with E-state index in [2.05, 4.69) is 4.90 Å². The molecule has 1 amide bonds. The number of rotatable bonds is 5. The largest absolute Gasteiger partial charge is 0.405 e. The zero-order valence-corrected chi connectivity index (χ0v) is 16.1. The maximum Gasteiger partial charge on any atom is 0.405 e. The number of nitrogens with zero attached hydrogens (tertiary/aromatic N) is 2. The Hall–Kier alpha value is -1.87. The number of nitrogens with one attached hydrogen (secondary N) is 1. The van der Waals surface area contributed by atoms with Crippen molar-refractivity contribution in [3.63, 3.8) is 0 Å². The Morgan fingerprint density at radius 3 is 2.62 bits per heavy atom. The van der Waals surface area contributed by atoms with Crippen LogP contribution in [0.25, 0.3) is 0 Å². The van der Waals surface area contributed by atoms with Crippen LogP contribution in [-0.4, -0.2) is 52.4 Å². The summed E-state index contributed by atoms with van der Waals surface area (Å²) in [5.41, 5.74) is 0.459. The molecule has 4 atom stereocenters. The van der Waals surface area contributed by atoms with Crippen molar-refractivity contribution in [3.05, 3.63) is 34.2 Å². The molecule has 29 heavy (non-hydrogen) atoms. The number of hydrogen-bond donors (Lipinski definition) is 2. The van der Waals surface area contributed by atoms with Gasteiger partial charge >= 0.3 is 6.18 Å². The van der Waals surface area contributed by atoms with E-state index >= 15 is 0 Å². The van der Waals surface area contributed by atoms with Gasteiger partial charge < -0.3 is 15.0 Å². The first-order chi connectivity index (χ1) is 13.8. The van der Waals surface area contributed by atoms with E-state index in [0.717, 1.165) is 32.2 Å². The van der Waals surface area contributed by atoms with Gasteiger partial charge in [0.15, 0.2) is 0 Å². The number of fused-ring (bicyclic) bond motifs is 4. The lowest BCUT2D eigenvalue weighted by Crippen LogP contribution is -2.47. The normalized spacial score (nSPS) is 29.8. The Morgan fingerprint density at radius 2 is 1.97 bits per heavy atom. The van der Waals surface area contributed by atoms with Gasteiger partial charge in [-0.15, -0.1) is 0 Å². The SMILES string of the molecule is O=C(NCC(F)(F)F)[C@H]1[C@H](CO)[C@H]2Cn3c(cccc3=O)[C@@H]1N2CC1CCCC1. The molecule has 2 N–H and O–H groups in total. The van der Waals surface area contributed by atoms with E-state index in [-0.39, 0.29) is 18.2 Å². The molecule has 4 rings (SSSR count). The van der Waals surface area contributed by atoms with Gasteiger partial charge in [0.05, 0.1) is 12.0 Å². The smallest absolute Gasteiger partial charge is 0.396 e. The van der Waals surface area contributed by atoms with Crippen LogP contribution in [-0.2, 0) is 11.3 Å². The van der Waals surface area contributed by atoms with Crippen molar-refractivity contribution in [1.82, 2.24) is 14.8 Å². The van der Waals surface area contributed by atoms with Gasteiger partial charge in [-0.3, -0.25) is 14.5 Å². The summed E-state index contributed by atoms with van der Waals surface area (Å²) in [4.78, 5) is 27.4. The molecule has 2 bridgehead atoms. The van der Waals surface area contributed by atoms with Crippen LogP contribution in [0.4, 0.5) is 13.2 Å². The first-order valence-electron chi connectivity index (χ1n) is 10.2. The molecule has 2 aliphatic heterocycles. The minimum Gasteiger partial charge on any atom is -0.396 e. The highest BCUT2D eigenvalue weighted by atomic mass is 19.4. The van der Waals surface area contributed by atoms with Crippen LogP contribution in [0.2, 0.25) is 0 Å². The monoisotopic (exact) mass is 413 g/mol. The van der Waals surface area contributed by atoms with Crippen LogP contribution in [0.3, 0.4) is 0 Å². The van der Waals surface area contributed by atoms with E-state index in [1.807, 2.05) is 5.32 Å². The predicted molar refractivity (Wildman–Crippen MR) is 99.0 cm³/mol. The zero-order chi connectivity index (χ0) is 20.8. The van der Waals surface area contributed by atoms with Gasteiger partial charge in [0, 0.05) is 43.4 Å². The average Bonchev–Trinajstić information content (AvgIpc) is 3.24. The molecule has 0 spiro atoms. The summed E-state index contributed by atoms with van der Waals surface area (Å²) in [6.07, 6.45) is -0.0133. The summed E-state index contributed by atoms with van der Waals surface area (Å²) in [6, 6.07) is 4.09. The van der Waals surface area contributed by atoms with Crippen molar-refractivity contribution >= 4 is 5.91 Å². The van der Waals surface area contributed by atoms with Crippen molar-refractivity contribution in [2.75, 3.05) is 19.7 Å². The minimum absolute atomic E-state index is 0.189. The zero-order valence-electron chi connectivity index (χ0n) is 16.1. The van der Waals surface area contributed by atoms with E-state index in [0.29, 0.717) is 18.2 Å². The molecule has 9 heteroatoms. The molecular weight excluding hydrogens is 387 g/mol. The van der Waals surface area contributed by atoms with Gasteiger partial charge in [-0.2, -0.15) is 13.2 Å². The average molecular weight is 413 g/mol. The first-order valence-corrected chi connectivity index (χ1v) is 10.2. The van der Waals surface area contributed by atoms with Crippen molar-refractivity contribution < 1.29 is 23.1 Å². The summed E-state index contributed by atoms with van der Waals surface area (Å²) in [5, 5.41) is 12.1. The summed E-state index contributed by atoms with van der Waals surface area (Å²) >= 11 is 0. The Labute approximate surface area is 166 Å². The fourth-order valence-corrected chi connectivity index (χ4v) is 5.52. The van der Waals surface area contributed by atoms with Crippen molar-refractivity contribution in [2.24, 2.45) is 17.8 Å². The van der Waals surface area contributed by atoms with Crippen LogP contribution in [0.5, 0.6) is 0 Å². The van der Waals surface area contributed by atoms with E-state index in [9.17, 15) is 27.9 Å². The van der Waals surface area contributed by atoms with Gasteiger partial charge in [-0.1, -0.05) is 18.9 Å². The molecule has 1 saturated heterocycles. The fraction of sp³-hybridized carbons (Fsp3) is 0.700. The number of aliphatic hydroxyl groups excluding tert-OH is 1. The molecule has 160 valence electrons. The first kappa shape index (κ1) is 20.4. The van der Waals surface area contributed by atoms with E-state index < -0.39 is 36.5 Å².